The quantitative estimate of drug-likeness (QED) is 0.582. The lowest BCUT2D eigenvalue weighted by Gasteiger charge is -2.29. The zero-order chi connectivity index (χ0) is 19.3. The number of carbonyl (C=O) groups is 2. The molecule has 1 unspecified atom stereocenters. The molecule has 0 saturated carbocycles. The van der Waals surface area contributed by atoms with Gasteiger partial charge in [-0.25, -0.2) is 8.42 Å². The van der Waals surface area contributed by atoms with E-state index in [-0.39, 0.29) is 48.0 Å². The molecule has 0 aromatic rings. The van der Waals surface area contributed by atoms with Crippen LogP contribution in [0.4, 0.5) is 0 Å². The van der Waals surface area contributed by atoms with Gasteiger partial charge in [0.15, 0.2) is 22.9 Å². The van der Waals surface area contributed by atoms with Crippen LogP contribution >= 0.6 is 0 Å². The van der Waals surface area contributed by atoms with Gasteiger partial charge < -0.3 is 15.1 Å². The molecule has 25 heavy (non-hydrogen) atoms. The molecule has 1 aliphatic heterocycles. The largest absolute Gasteiger partial charge is 0.347 e. The van der Waals surface area contributed by atoms with Crippen LogP contribution in [-0.2, 0) is 19.4 Å². The third kappa shape index (κ3) is 8.18. The lowest BCUT2D eigenvalue weighted by Crippen LogP contribution is -3.11. The summed E-state index contributed by atoms with van der Waals surface area (Å²) in [6.45, 7) is 8.78. The van der Waals surface area contributed by atoms with Crippen molar-refractivity contribution in [3.63, 3.8) is 0 Å². The Morgan fingerprint density at radius 1 is 1.24 bits per heavy atom. The first kappa shape index (κ1) is 21.9. The number of sulfone groups is 1. The first-order valence-electron chi connectivity index (χ1n) is 9.05. The number of nitrogens with one attached hydrogen (secondary N) is 2. The summed E-state index contributed by atoms with van der Waals surface area (Å²) in [6.07, 6.45) is 2.31. The summed E-state index contributed by atoms with van der Waals surface area (Å²) in [5, 5.41) is 2.89. The van der Waals surface area contributed by atoms with E-state index in [2.05, 4.69) is 5.32 Å². The van der Waals surface area contributed by atoms with Crippen molar-refractivity contribution in [2.75, 3.05) is 38.2 Å². The lowest BCUT2D eigenvalue weighted by atomic mass is 10.1. The molecule has 2 amide bonds. The smallest absolute Gasteiger partial charge is 0.278 e. The summed E-state index contributed by atoms with van der Waals surface area (Å²) < 4.78 is 23.5. The molecule has 2 N–H and O–H groups in total. The fourth-order valence-corrected chi connectivity index (χ4v) is 4.75. The van der Waals surface area contributed by atoms with Crippen molar-refractivity contribution in [3.05, 3.63) is 0 Å². The highest BCUT2D eigenvalue weighted by molar-refractivity contribution is 7.91. The standard InChI is InChI=1S/C17H33N3O4S/c1-6-7-9-20(14-8-10-25(23,24)13-14)16(22)12-19(5)11-15(21)18-17(2,3)4/h14H,6-13H2,1-5H3,(H,18,21)/p+1/t14-/m0/s1. The first-order valence-corrected chi connectivity index (χ1v) is 10.9. The van der Waals surface area contributed by atoms with Crippen molar-refractivity contribution in [1.29, 1.82) is 0 Å². The fourth-order valence-electron chi connectivity index (χ4n) is 3.02. The Morgan fingerprint density at radius 2 is 1.88 bits per heavy atom. The molecule has 2 atom stereocenters. The van der Waals surface area contributed by atoms with Crippen LogP contribution in [-0.4, -0.2) is 74.9 Å². The molecule has 1 rings (SSSR count). The molecule has 0 radical (unpaired) electrons. The van der Waals surface area contributed by atoms with Crippen LogP contribution in [0.25, 0.3) is 0 Å². The van der Waals surface area contributed by atoms with Gasteiger partial charge in [-0.15, -0.1) is 0 Å². The van der Waals surface area contributed by atoms with Crippen LogP contribution in [0.1, 0.15) is 47.0 Å². The summed E-state index contributed by atoms with van der Waals surface area (Å²) in [4.78, 5) is 27.2. The average Bonchev–Trinajstić information content (AvgIpc) is 2.76. The third-order valence-electron chi connectivity index (χ3n) is 4.15. The van der Waals surface area contributed by atoms with E-state index in [1.54, 1.807) is 4.90 Å². The minimum absolute atomic E-state index is 0.0615. The van der Waals surface area contributed by atoms with Crippen molar-refractivity contribution in [1.82, 2.24) is 10.2 Å². The molecule has 1 fully saturated rings. The van der Waals surface area contributed by atoms with Gasteiger partial charge in [-0.1, -0.05) is 13.3 Å². The van der Waals surface area contributed by atoms with Gasteiger partial charge in [0.2, 0.25) is 0 Å². The number of hydrogen-bond donors (Lipinski definition) is 2. The number of rotatable bonds is 8. The predicted octanol–water partition coefficient (Wildman–Crippen LogP) is -0.768. The highest BCUT2D eigenvalue weighted by Crippen LogP contribution is 2.18. The Kier molecular flexibility index (Phi) is 7.87. The van der Waals surface area contributed by atoms with Crippen molar-refractivity contribution in [2.24, 2.45) is 0 Å². The van der Waals surface area contributed by atoms with Crippen LogP contribution in [0.3, 0.4) is 0 Å². The molecule has 0 spiro atoms. The van der Waals surface area contributed by atoms with E-state index in [1.165, 1.54) is 0 Å². The number of quaternary nitrogens is 1. The maximum absolute atomic E-state index is 12.7. The molecule has 1 saturated heterocycles. The summed E-state index contributed by atoms with van der Waals surface area (Å²) in [7, 11) is -1.22. The molecule has 0 aromatic carbocycles. The van der Waals surface area contributed by atoms with Gasteiger partial charge in [0, 0.05) is 18.1 Å². The Hall–Kier alpha value is -1.15. The number of hydrogen-bond acceptors (Lipinski definition) is 4. The van der Waals surface area contributed by atoms with Crippen molar-refractivity contribution in [2.45, 2.75) is 58.5 Å². The Balaban J connectivity index is 2.63. The van der Waals surface area contributed by atoms with Gasteiger partial charge in [-0.3, -0.25) is 9.59 Å². The highest BCUT2D eigenvalue weighted by atomic mass is 32.2. The zero-order valence-corrected chi connectivity index (χ0v) is 17.0. The molecular formula is C17H34N3O4S+. The van der Waals surface area contributed by atoms with E-state index >= 15 is 0 Å². The van der Waals surface area contributed by atoms with E-state index in [0.717, 1.165) is 17.7 Å². The third-order valence-corrected chi connectivity index (χ3v) is 5.90. The molecule has 0 aliphatic carbocycles. The lowest BCUT2D eigenvalue weighted by molar-refractivity contribution is -0.863. The molecule has 0 bridgehead atoms. The van der Waals surface area contributed by atoms with Gasteiger partial charge in [0.25, 0.3) is 11.8 Å². The van der Waals surface area contributed by atoms with Gasteiger partial charge in [0.1, 0.15) is 0 Å². The second-order valence-corrected chi connectivity index (χ2v) is 10.3. The summed E-state index contributed by atoms with van der Waals surface area (Å²) >= 11 is 0. The number of likely N-dealkylation sites (N-methyl/N-ethyl adjacent to an activating group) is 1. The van der Waals surface area contributed by atoms with E-state index in [4.69, 9.17) is 0 Å². The van der Waals surface area contributed by atoms with Gasteiger partial charge in [-0.05, 0) is 33.6 Å². The van der Waals surface area contributed by atoms with Crippen molar-refractivity contribution in [3.8, 4) is 0 Å². The summed E-state index contributed by atoms with van der Waals surface area (Å²) in [6, 6.07) is -0.222. The summed E-state index contributed by atoms with van der Waals surface area (Å²) in [5.41, 5.74) is -0.299. The number of amides is 2. The molecule has 0 aromatic heterocycles. The Morgan fingerprint density at radius 3 is 2.36 bits per heavy atom. The number of nitrogens with zero attached hydrogens (tertiary/aromatic N) is 1. The molecular weight excluding hydrogens is 342 g/mol. The Labute approximate surface area is 152 Å². The van der Waals surface area contributed by atoms with Crippen molar-refractivity contribution < 1.29 is 22.9 Å². The molecule has 7 nitrogen and oxygen atoms in total. The summed E-state index contributed by atoms with van der Waals surface area (Å²) in [5.74, 6) is 0.0500. The maximum atomic E-state index is 12.7. The second-order valence-electron chi connectivity index (χ2n) is 8.11. The van der Waals surface area contributed by atoms with E-state index < -0.39 is 9.84 Å². The molecule has 1 aliphatic rings. The van der Waals surface area contributed by atoms with Crippen LogP contribution in [0.15, 0.2) is 0 Å². The maximum Gasteiger partial charge on any atom is 0.278 e. The molecule has 146 valence electrons. The van der Waals surface area contributed by atoms with E-state index in [0.29, 0.717) is 13.0 Å². The number of unbranched alkanes of at least 4 members (excludes halogenated alkanes) is 1. The minimum atomic E-state index is -3.03. The number of carbonyl (C=O) groups excluding carboxylic acids is 2. The van der Waals surface area contributed by atoms with Gasteiger partial charge in [-0.2, -0.15) is 0 Å². The zero-order valence-electron chi connectivity index (χ0n) is 16.2. The Bertz CT molecular complexity index is 569. The van der Waals surface area contributed by atoms with Crippen molar-refractivity contribution >= 4 is 21.7 Å². The van der Waals surface area contributed by atoms with Crippen LogP contribution in [0, 0.1) is 0 Å². The topological polar surface area (TPSA) is 88.0 Å². The van der Waals surface area contributed by atoms with E-state index in [1.807, 2.05) is 34.7 Å². The van der Waals surface area contributed by atoms with Crippen LogP contribution in [0.5, 0.6) is 0 Å². The fraction of sp³-hybridized carbons (Fsp3) is 0.882. The van der Waals surface area contributed by atoms with Gasteiger partial charge in [0.05, 0.1) is 18.6 Å². The molecule has 1 heterocycles. The molecule has 8 heteroatoms. The first-order chi connectivity index (χ1) is 11.4. The minimum Gasteiger partial charge on any atom is -0.347 e. The monoisotopic (exact) mass is 376 g/mol. The second kappa shape index (κ2) is 8.98. The predicted molar refractivity (Wildman–Crippen MR) is 98.2 cm³/mol. The normalized spacial score (nSPS) is 20.9. The van der Waals surface area contributed by atoms with Gasteiger partial charge >= 0.3 is 0 Å². The van der Waals surface area contributed by atoms with Crippen LogP contribution < -0.4 is 10.2 Å². The SMILES string of the molecule is CCCCN(C(=O)C[NH+](C)CC(=O)NC(C)(C)C)[C@H]1CCS(=O)(=O)C1. The average molecular weight is 377 g/mol. The van der Waals surface area contributed by atoms with E-state index in [9.17, 15) is 18.0 Å². The van der Waals surface area contributed by atoms with Crippen LogP contribution in [0.2, 0.25) is 0 Å². The highest BCUT2D eigenvalue weighted by Gasteiger charge is 2.35.